The zero-order chi connectivity index (χ0) is 55.8. The molecule has 0 aromatic rings. The lowest BCUT2D eigenvalue weighted by molar-refractivity contribution is -0.302. The van der Waals surface area contributed by atoms with Gasteiger partial charge in [-0.15, -0.1) is 0 Å². The van der Waals surface area contributed by atoms with Crippen LogP contribution < -0.4 is 5.32 Å². The first-order valence-electron chi connectivity index (χ1n) is 32.0. The molecule has 6 N–H and O–H groups in total. The fourth-order valence-electron chi connectivity index (χ4n) is 9.63. The standard InChI is InChI=1S/C68H119NO8/c1-3-5-7-9-11-13-15-17-19-21-23-25-27-29-30-31-32-34-35-37-39-41-43-45-47-49-51-53-55-57-62(71)61(60-76-68-67(75)66(74)65(73)63(59-70)77-68)69-64(72)58-56-54-52-50-48-46-44-42-40-38-36-33-28-26-24-22-20-18-16-14-12-10-8-6-4-2/h6,8,12,14,18,20,24,26,33,36,39,41,47,49,55,57,61-63,65-68,70-71,73-75H,3-5,7,9-11,13,15-17,19,21-23,25,27-32,34-35,37-38,40,42-46,48,50-54,56,58-60H2,1-2H3,(H,69,72)/b8-6-,14-12-,20-18-,26-24-,36-33-,41-39+,49-47+,57-55+. The van der Waals surface area contributed by atoms with Crippen molar-refractivity contribution in [3.05, 3.63) is 97.2 Å². The van der Waals surface area contributed by atoms with Crippen LogP contribution in [0.3, 0.4) is 0 Å². The first-order chi connectivity index (χ1) is 37.8. The topological polar surface area (TPSA) is 149 Å². The van der Waals surface area contributed by atoms with Crippen LogP contribution in [0.25, 0.3) is 0 Å². The number of hydrogen-bond donors (Lipinski definition) is 6. The molecule has 7 atom stereocenters. The van der Waals surface area contributed by atoms with Gasteiger partial charge in [-0.3, -0.25) is 4.79 Å². The van der Waals surface area contributed by atoms with E-state index in [9.17, 15) is 30.3 Å². The van der Waals surface area contributed by atoms with Crippen LogP contribution in [-0.4, -0.2) is 87.5 Å². The van der Waals surface area contributed by atoms with Gasteiger partial charge in [-0.1, -0.05) is 272 Å². The number of hydrogen-bond acceptors (Lipinski definition) is 8. The summed E-state index contributed by atoms with van der Waals surface area (Å²) in [5, 5.41) is 54.6. The molecule has 1 rings (SSSR count). The van der Waals surface area contributed by atoms with Gasteiger partial charge in [0.15, 0.2) is 6.29 Å². The highest BCUT2D eigenvalue weighted by molar-refractivity contribution is 5.76. The van der Waals surface area contributed by atoms with E-state index in [2.05, 4.69) is 104 Å². The molecule has 0 radical (unpaired) electrons. The van der Waals surface area contributed by atoms with E-state index in [0.717, 1.165) is 89.9 Å². The third kappa shape index (κ3) is 45.5. The van der Waals surface area contributed by atoms with Crippen molar-refractivity contribution in [1.29, 1.82) is 0 Å². The number of aliphatic hydroxyl groups is 5. The van der Waals surface area contributed by atoms with Crippen molar-refractivity contribution >= 4 is 5.91 Å². The molecule has 0 saturated carbocycles. The van der Waals surface area contributed by atoms with Crippen molar-refractivity contribution in [2.45, 2.75) is 314 Å². The molecule has 444 valence electrons. The van der Waals surface area contributed by atoms with Crippen molar-refractivity contribution in [2.75, 3.05) is 13.2 Å². The van der Waals surface area contributed by atoms with Crippen molar-refractivity contribution in [3.63, 3.8) is 0 Å². The molecule has 0 bridgehead atoms. The maximum atomic E-state index is 13.1. The van der Waals surface area contributed by atoms with Gasteiger partial charge in [0.05, 0.1) is 25.4 Å². The molecule has 77 heavy (non-hydrogen) atoms. The molecule has 1 fully saturated rings. The van der Waals surface area contributed by atoms with Crippen LogP contribution in [0.1, 0.15) is 271 Å². The molecule has 1 heterocycles. The van der Waals surface area contributed by atoms with Crippen LogP contribution in [0.5, 0.6) is 0 Å². The quantitative estimate of drug-likeness (QED) is 0.0261. The summed E-state index contributed by atoms with van der Waals surface area (Å²) in [6.45, 7) is 3.66. The summed E-state index contributed by atoms with van der Waals surface area (Å²) in [6.07, 6.45) is 74.9. The summed E-state index contributed by atoms with van der Waals surface area (Å²) in [4.78, 5) is 13.1. The number of carbonyl (C=O) groups excluding carboxylic acids is 1. The van der Waals surface area contributed by atoms with Gasteiger partial charge in [-0.2, -0.15) is 0 Å². The fraction of sp³-hybridized carbons (Fsp3) is 0.750. The van der Waals surface area contributed by atoms with Crippen molar-refractivity contribution < 1.29 is 39.8 Å². The third-order valence-electron chi connectivity index (χ3n) is 14.6. The second-order valence-corrected chi connectivity index (χ2v) is 21.8. The lowest BCUT2D eigenvalue weighted by atomic mass is 9.99. The number of rotatable bonds is 54. The van der Waals surface area contributed by atoms with Crippen molar-refractivity contribution in [2.24, 2.45) is 0 Å². The maximum absolute atomic E-state index is 13.1. The number of ether oxygens (including phenoxy) is 2. The summed E-state index contributed by atoms with van der Waals surface area (Å²) in [7, 11) is 0. The van der Waals surface area contributed by atoms with Gasteiger partial charge >= 0.3 is 0 Å². The average molecular weight is 1080 g/mol. The zero-order valence-electron chi connectivity index (χ0n) is 49.4. The molecule has 1 aliphatic heterocycles. The fourth-order valence-corrected chi connectivity index (χ4v) is 9.63. The molecule has 0 aromatic carbocycles. The second-order valence-electron chi connectivity index (χ2n) is 21.8. The minimum Gasteiger partial charge on any atom is -0.394 e. The minimum absolute atomic E-state index is 0.199. The van der Waals surface area contributed by atoms with Gasteiger partial charge in [0.1, 0.15) is 24.4 Å². The van der Waals surface area contributed by atoms with Gasteiger partial charge in [-0.05, 0) is 89.9 Å². The Labute approximate surface area is 473 Å². The summed E-state index contributed by atoms with van der Waals surface area (Å²) in [6, 6.07) is -0.840. The maximum Gasteiger partial charge on any atom is 0.220 e. The molecular formula is C68H119NO8. The van der Waals surface area contributed by atoms with E-state index in [1.807, 2.05) is 6.08 Å². The van der Waals surface area contributed by atoms with E-state index in [0.29, 0.717) is 6.42 Å². The summed E-state index contributed by atoms with van der Waals surface area (Å²) in [5.74, 6) is -0.199. The van der Waals surface area contributed by atoms with E-state index in [4.69, 9.17) is 9.47 Å². The predicted octanol–water partition coefficient (Wildman–Crippen LogP) is 16.7. The van der Waals surface area contributed by atoms with Gasteiger partial charge in [0, 0.05) is 6.42 Å². The number of nitrogens with one attached hydrogen (secondary N) is 1. The minimum atomic E-state index is -1.58. The van der Waals surface area contributed by atoms with Crippen LogP contribution >= 0.6 is 0 Å². The van der Waals surface area contributed by atoms with E-state index < -0.39 is 49.5 Å². The predicted molar refractivity (Wildman–Crippen MR) is 327 cm³/mol. The van der Waals surface area contributed by atoms with E-state index in [1.54, 1.807) is 6.08 Å². The lowest BCUT2D eigenvalue weighted by Gasteiger charge is -2.40. The summed E-state index contributed by atoms with van der Waals surface area (Å²) < 4.78 is 11.3. The Balaban J connectivity index is 2.23. The first kappa shape index (κ1) is 72.1. The Morgan fingerprint density at radius 2 is 0.818 bits per heavy atom. The second kappa shape index (κ2) is 56.4. The van der Waals surface area contributed by atoms with Gasteiger partial charge in [0.25, 0.3) is 0 Å². The number of aliphatic hydroxyl groups excluding tert-OH is 5. The normalized spacial score (nSPS) is 19.4. The Kier molecular flexibility index (Phi) is 52.8. The SMILES string of the molecule is CC/C=C\C/C=C\C/C=C\C/C=C\C/C=C\CCCCCCCCCCCC(=O)NC(COC1OC(CO)C(O)C(O)C1O)C(O)/C=C/CC/C=C/CC/C=C/CCCCCCCCCCCCCCCCCCCCC. The van der Waals surface area contributed by atoms with Crippen LogP contribution in [0, 0.1) is 0 Å². The number of allylic oxidation sites excluding steroid dienone is 15. The molecule has 7 unspecified atom stereocenters. The number of amides is 1. The highest BCUT2D eigenvalue weighted by Gasteiger charge is 2.44. The smallest absolute Gasteiger partial charge is 0.220 e. The van der Waals surface area contributed by atoms with Crippen LogP contribution in [0.2, 0.25) is 0 Å². The first-order valence-corrected chi connectivity index (χ1v) is 32.0. The molecule has 0 aliphatic carbocycles. The van der Waals surface area contributed by atoms with Crippen LogP contribution in [0.15, 0.2) is 97.2 Å². The Morgan fingerprint density at radius 1 is 0.455 bits per heavy atom. The highest BCUT2D eigenvalue weighted by Crippen LogP contribution is 2.23. The Hall–Kier alpha value is -2.89. The Morgan fingerprint density at radius 3 is 1.25 bits per heavy atom. The highest BCUT2D eigenvalue weighted by atomic mass is 16.7. The van der Waals surface area contributed by atoms with E-state index in [-0.39, 0.29) is 12.5 Å². The molecule has 0 spiro atoms. The molecule has 9 nitrogen and oxygen atoms in total. The number of carbonyl (C=O) groups is 1. The van der Waals surface area contributed by atoms with Gasteiger partial charge < -0.3 is 40.3 Å². The van der Waals surface area contributed by atoms with E-state index >= 15 is 0 Å². The lowest BCUT2D eigenvalue weighted by Crippen LogP contribution is -2.60. The van der Waals surface area contributed by atoms with Crippen LogP contribution in [-0.2, 0) is 14.3 Å². The Bertz CT molecular complexity index is 1530. The summed E-state index contributed by atoms with van der Waals surface area (Å²) >= 11 is 0. The summed E-state index contributed by atoms with van der Waals surface area (Å²) in [5.41, 5.74) is 0. The largest absolute Gasteiger partial charge is 0.394 e. The monoisotopic (exact) mass is 1080 g/mol. The van der Waals surface area contributed by atoms with E-state index in [1.165, 1.54) is 161 Å². The molecule has 0 aromatic heterocycles. The third-order valence-corrected chi connectivity index (χ3v) is 14.6. The molecule has 1 saturated heterocycles. The zero-order valence-corrected chi connectivity index (χ0v) is 49.4. The number of unbranched alkanes of at least 4 members (excludes halogenated alkanes) is 30. The molecule has 1 aliphatic rings. The van der Waals surface area contributed by atoms with Gasteiger partial charge in [0.2, 0.25) is 5.91 Å². The average Bonchev–Trinajstić information content (AvgIpc) is 3.43. The van der Waals surface area contributed by atoms with Crippen LogP contribution in [0.4, 0.5) is 0 Å². The van der Waals surface area contributed by atoms with Crippen molar-refractivity contribution in [1.82, 2.24) is 5.32 Å². The molecule has 1 amide bonds. The van der Waals surface area contributed by atoms with Crippen molar-refractivity contribution in [3.8, 4) is 0 Å². The molecular weight excluding hydrogens is 959 g/mol. The molecule has 9 heteroatoms. The van der Waals surface area contributed by atoms with Gasteiger partial charge in [-0.25, -0.2) is 0 Å².